The highest BCUT2D eigenvalue weighted by molar-refractivity contribution is 6.00. The van der Waals surface area contributed by atoms with Crippen molar-refractivity contribution in [2.45, 2.75) is 19.6 Å². The monoisotopic (exact) mass is 355 g/mol. The van der Waals surface area contributed by atoms with Crippen LogP contribution in [-0.4, -0.2) is 33.1 Å². The van der Waals surface area contributed by atoms with Gasteiger partial charge in [-0.05, 0) is 42.8 Å². The van der Waals surface area contributed by atoms with Crippen LogP contribution in [0, 0.1) is 5.82 Å². The zero-order valence-electron chi connectivity index (χ0n) is 14.4. The fourth-order valence-electron chi connectivity index (χ4n) is 2.63. The summed E-state index contributed by atoms with van der Waals surface area (Å²) in [4.78, 5) is 18.5. The van der Waals surface area contributed by atoms with Gasteiger partial charge in [-0.15, -0.1) is 0 Å². The number of carbonyl (C=O) groups is 1. The van der Waals surface area contributed by atoms with Crippen LogP contribution in [0.25, 0.3) is 11.3 Å². The lowest BCUT2D eigenvalue weighted by Crippen LogP contribution is -2.27. The first-order chi connectivity index (χ1) is 12.5. The third-order valence-corrected chi connectivity index (χ3v) is 3.92. The maximum absolute atomic E-state index is 13.2. The highest BCUT2D eigenvalue weighted by atomic mass is 19.1. The standard InChI is InChI=1S/C19H18FN3O3/c1-12(24)18-16(17(22-26-18)14-5-7-15(20)8-6-14)19(25)23(2)11-13-4-3-9-21-10-13/h3-10,12,24H,11H2,1-2H3. The number of pyridine rings is 1. The number of aromatic nitrogens is 2. The second-order valence-electron chi connectivity index (χ2n) is 5.98. The number of aliphatic hydroxyl groups excluding tert-OH is 1. The van der Waals surface area contributed by atoms with Crippen LogP contribution in [0.15, 0.2) is 53.3 Å². The van der Waals surface area contributed by atoms with E-state index in [0.29, 0.717) is 12.1 Å². The molecule has 2 aromatic heterocycles. The van der Waals surface area contributed by atoms with E-state index in [-0.39, 0.29) is 22.9 Å². The van der Waals surface area contributed by atoms with Gasteiger partial charge in [0.1, 0.15) is 23.2 Å². The van der Waals surface area contributed by atoms with Gasteiger partial charge >= 0.3 is 0 Å². The minimum atomic E-state index is -1.01. The molecule has 26 heavy (non-hydrogen) atoms. The Bertz CT molecular complexity index is 892. The van der Waals surface area contributed by atoms with E-state index in [1.54, 1.807) is 25.5 Å². The maximum Gasteiger partial charge on any atom is 0.259 e. The van der Waals surface area contributed by atoms with E-state index in [4.69, 9.17) is 4.52 Å². The quantitative estimate of drug-likeness (QED) is 0.760. The van der Waals surface area contributed by atoms with Crippen LogP contribution < -0.4 is 0 Å². The molecule has 134 valence electrons. The zero-order chi connectivity index (χ0) is 18.7. The number of aliphatic hydroxyl groups is 1. The van der Waals surface area contributed by atoms with Crippen molar-refractivity contribution in [2.24, 2.45) is 0 Å². The molecule has 7 heteroatoms. The third-order valence-electron chi connectivity index (χ3n) is 3.92. The smallest absolute Gasteiger partial charge is 0.259 e. The van der Waals surface area contributed by atoms with Gasteiger partial charge in [0.2, 0.25) is 0 Å². The second-order valence-corrected chi connectivity index (χ2v) is 5.98. The Balaban J connectivity index is 1.97. The van der Waals surface area contributed by atoms with Gasteiger partial charge in [-0.1, -0.05) is 11.2 Å². The molecule has 1 aromatic carbocycles. The van der Waals surface area contributed by atoms with Gasteiger partial charge in [-0.2, -0.15) is 0 Å². The molecule has 0 aliphatic carbocycles. The van der Waals surface area contributed by atoms with E-state index < -0.39 is 11.9 Å². The van der Waals surface area contributed by atoms with Crippen molar-refractivity contribution in [3.63, 3.8) is 0 Å². The molecule has 1 unspecified atom stereocenters. The summed E-state index contributed by atoms with van der Waals surface area (Å²) in [5, 5.41) is 13.9. The lowest BCUT2D eigenvalue weighted by molar-refractivity contribution is 0.0773. The number of halogens is 1. The first-order valence-electron chi connectivity index (χ1n) is 8.05. The highest BCUT2D eigenvalue weighted by Crippen LogP contribution is 2.30. The summed E-state index contributed by atoms with van der Waals surface area (Å²) >= 11 is 0. The number of hydrogen-bond donors (Lipinski definition) is 1. The van der Waals surface area contributed by atoms with Crippen LogP contribution in [0.1, 0.15) is 34.7 Å². The summed E-state index contributed by atoms with van der Waals surface area (Å²) in [5.41, 5.74) is 1.82. The molecule has 1 atom stereocenters. The van der Waals surface area contributed by atoms with E-state index in [1.807, 2.05) is 6.07 Å². The minimum absolute atomic E-state index is 0.0763. The number of benzene rings is 1. The predicted octanol–water partition coefficient (Wildman–Crippen LogP) is 3.20. The van der Waals surface area contributed by atoms with Gasteiger partial charge < -0.3 is 14.5 Å². The minimum Gasteiger partial charge on any atom is -0.385 e. The first-order valence-corrected chi connectivity index (χ1v) is 8.05. The van der Waals surface area contributed by atoms with E-state index in [9.17, 15) is 14.3 Å². The Morgan fingerprint density at radius 3 is 2.65 bits per heavy atom. The van der Waals surface area contributed by atoms with Gasteiger partial charge in [0.25, 0.3) is 5.91 Å². The van der Waals surface area contributed by atoms with Crippen molar-refractivity contribution in [3.8, 4) is 11.3 Å². The Kier molecular flexibility index (Phi) is 5.09. The Morgan fingerprint density at radius 2 is 2.04 bits per heavy atom. The topological polar surface area (TPSA) is 79.5 Å². The molecule has 0 bridgehead atoms. The lowest BCUT2D eigenvalue weighted by Gasteiger charge is -2.18. The summed E-state index contributed by atoms with van der Waals surface area (Å²) < 4.78 is 18.4. The van der Waals surface area contributed by atoms with Crippen molar-refractivity contribution in [1.82, 2.24) is 15.0 Å². The average molecular weight is 355 g/mol. The summed E-state index contributed by atoms with van der Waals surface area (Å²) in [5.74, 6) is -0.674. The largest absolute Gasteiger partial charge is 0.385 e. The molecule has 0 spiro atoms. The number of nitrogens with zero attached hydrogens (tertiary/aromatic N) is 3. The predicted molar refractivity (Wildman–Crippen MR) is 92.6 cm³/mol. The molecular weight excluding hydrogens is 337 g/mol. The van der Waals surface area contributed by atoms with Gasteiger partial charge in [-0.3, -0.25) is 9.78 Å². The Labute approximate surface area is 149 Å². The SMILES string of the molecule is CC(O)c1onc(-c2ccc(F)cc2)c1C(=O)N(C)Cc1cccnc1. The fraction of sp³-hybridized carbons (Fsp3) is 0.211. The molecule has 0 saturated heterocycles. The number of rotatable bonds is 5. The van der Waals surface area contributed by atoms with E-state index in [2.05, 4.69) is 10.1 Å². The normalized spacial score (nSPS) is 12.0. The molecule has 0 fully saturated rings. The maximum atomic E-state index is 13.2. The highest BCUT2D eigenvalue weighted by Gasteiger charge is 2.28. The first kappa shape index (κ1) is 17.8. The van der Waals surface area contributed by atoms with E-state index in [0.717, 1.165) is 5.56 Å². The van der Waals surface area contributed by atoms with Crippen LogP contribution in [0.4, 0.5) is 4.39 Å². The molecule has 3 rings (SSSR count). The molecule has 0 aliphatic rings. The number of carbonyl (C=O) groups excluding carboxylic acids is 1. The molecule has 1 amide bonds. The zero-order valence-corrected chi connectivity index (χ0v) is 14.4. The van der Waals surface area contributed by atoms with Crippen molar-refractivity contribution in [1.29, 1.82) is 0 Å². The van der Waals surface area contributed by atoms with Crippen LogP contribution in [0.3, 0.4) is 0 Å². The summed E-state index contributed by atoms with van der Waals surface area (Å²) in [6.45, 7) is 1.83. The summed E-state index contributed by atoms with van der Waals surface area (Å²) in [6, 6.07) is 9.23. The van der Waals surface area contributed by atoms with E-state index >= 15 is 0 Å². The van der Waals surface area contributed by atoms with Crippen LogP contribution in [0.5, 0.6) is 0 Å². The molecule has 0 aliphatic heterocycles. The number of amides is 1. The van der Waals surface area contributed by atoms with Gasteiger partial charge in [0.15, 0.2) is 5.76 Å². The van der Waals surface area contributed by atoms with Gasteiger partial charge in [-0.25, -0.2) is 4.39 Å². The molecular formula is C19H18FN3O3. The third kappa shape index (κ3) is 3.62. The second kappa shape index (κ2) is 7.45. The molecule has 0 radical (unpaired) electrons. The summed E-state index contributed by atoms with van der Waals surface area (Å²) in [6.07, 6.45) is 2.32. The van der Waals surface area contributed by atoms with Gasteiger partial charge in [0, 0.05) is 31.5 Å². The Hall–Kier alpha value is -3.06. The van der Waals surface area contributed by atoms with Crippen molar-refractivity contribution in [2.75, 3.05) is 7.05 Å². The summed E-state index contributed by atoms with van der Waals surface area (Å²) in [7, 11) is 1.64. The van der Waals surface area contributed by atoms with Crippen LogP contribution in [0.2, 0.25) is 0 Å². The van der Waals surface area contributed by atoms with Crippen molar-refractivity contribution >= 4 is 5.91 Å². The van der Waals surface area contributed by atoms with Crippen molar-refractivity contribution < 1.29 is 18.8 Å². The molecule has 6 nitrogen and oxygen atoms in total. The van der Waals surface area contributed by atoms with Crippen LogP contribution >= 0.6 is 0 Å². The van der Waals surface area contributed by atoms with Crippen LogP contribution in [-0.2, 0) is 6.54 Å². The Morgan fingerprint density at radius 1 is 1.31 bits per heavy atom. The lowest BCUT2D eigenvalue weighted by atomic mass is 10.0. The molecule has 1 N–H and O–H groups in total. The van der Waals surface area contributed by atoms with Gasteiger partial charge in [0.05, 0.1) is 0 Å². The average Bonchev–Trinajstić information content (AvgIpc) is 3.07. The van der Waals surface area contributed by atoms with Crippen molar-refractivity contribution in [3.05, 3.63) is 71.5 Å². The molecule has 2 heterocycles. The molecule has 0 saturated carbocycles. The number of hydrogen-bond acceptors (Lipinski definition) is 5. The molecule has 3 aromatic rings. The fourth-order valence-corrected chi connectivity index (χ4v) is 2.63. The van der Waals surface area contributed by atoms with E-state index in [1.165, 1.54) is 36.1 Å².